The topological polar surface area (TPSA) is 88.3 Å². The minimum absolute atomic E-state index is 0.177. The molecule has 2 aromatic heterocycles. The van der Waals surface area contributed by atoms with Crippen LogP contribution in [-0.4, -0.2) is 43.5 Å². The number of nitrogens with zero attached hydrogens (tertiary/aromatic N) is 4. The van der Waals surface area contributed by atoms with Crippen LogP contribution in [0.5, 0.6) is 5.88 Å². The van der Waals surface area contributed by atoms with Crippen LogP contribution in [0.2, 0.25) is 5.02 Å². The highest BCUT2D eigenvalue weighted by atomic mass is 35.5. The molecule has 0 aliphatic carbocycles. The van der Waals surface area contributed by atoms with E-state index < -0.39 is 17.3 Å². The normalized spacial score (nSPS) is 16.3. The van der Waals surface area contributed by atoms with Crippen LogP contribution in [0.3, 0.4) is 0 Å². The van der Waals surface area contributed by atoms with Gasteiger partial charge in [0.2, 0.25) is 5.88 Å². The number of rotatable bonds is 8. The largest absolute Gasteiger partial charge is 0.494 e. The van der Waals surface area contributed by atoms with Crippen molar-refractivity contribution in [1.29, 1.82) is 0 Å². The van der Waals surface area contributed by atoms with Crippen LogP contribution in [0, 0.1) is 5.82 Å². The molecule has 1 aromatic carbocycles. The first-order chi connectivity index (χ1) is 17.3. The smallest absolute Gasteiger partial charge is 0.289 e. The quantitative estimate of drug-likeness (QED) is 0.453. The molecule has 3 aromatic rings. The number of pyridine rings is 1. The number of hydrogen-bond donors (Lipinski definition) is 1. The monoisotopic (exact) mass is 512 g/mol. The first-order valence-electron chi connectivity index (χ1n) is 12.3. The second-order valence-corrected chi connectivity index (χ2v) is 9.53. The van der Waals surface area contributed by atoms with E-state index in [0.29, 0.717) is 31.6 Å². The summed E-state index contributed by atoms with van der Waals surface area (Å²) >= 11 is 5.82. The minimum atomic E-state index is -0.748. The Balaban J connectivity index is 1.71. The van der Waals surface area contributed by atoms with E-state index in [2.05, 4.69) is 9.97 Å². The molecule has 3 heterocycles. The van der Waals surface area contributed by atoms with E-state index in [1.165, 1.54) is 17.2 Å². The van der Waals surface area contributed by atoms with Crippen molar-refractivity contribution in [1.82, 2.24) is 19.4 Å². The summed E-state index contributed by atoms with van der Waals surface area (Å²) in [6.07, 6.45) is 4.67. The molecule has 190 valence electrons. The number of carbonyl (C=O) groups is 1. The Kier molecular flexibility index (Phi) is 8.04. The summed E-state index contributed by atoms with van der Waals surface area (Å²) in [5, 5.41) is 11.6. The van der Waals surface area contributed by atoms with Crippen LogP contribution in [0.1, 0.15) is 78.9 Å². The molecule has 7 nitrogen and oxygen atoms in total. The first kappa shape index (κ1) is 25.8. The number of aromatic nitrogens is 3. The third-order valence-corrected chi connectivity index (χ3v) is 6.93. The van der Waals surface area contributed by atoms with Crippen molar-refractivity contribution in [2.75, 3.05) is 13.1 Å². The highest BCUT2D eigenvalue weighted by Crippen LogP contribution is 2.33. The van der Waals surface area contributed by atoms with Gasteiger partial charge in [0.15, 0.2) is 5.56 Å². The van der Waals surface area contributed by atoms with E-state index in [9.17, 15) is 19.1 Å². The van der Waals surface area contributed by atoms with Crippen molar-refractivity contribution in [3.05, 3.63) is 86.4 Å². The lowest BCUT2D eigenvalue weighted by Crippen LogP contribution is -2.35. The lowest BCUT2D eigenvalue weighted by Gasteiger charge is -2.26. The van der Waals surface area contributed by atoms with Gasteiger partial charge in [0, 0.05) is 31.6 Å². The van der Waals surface area contributed by atoms with E-state index in [0.717, 1.165) is 18.4 Å². The molecule has 1 aliphatic heterocycles. The standard InChI is InChI=1S/C27H30ClFN4O3/c1-3-5-11-22-31-25(34)23(27(36)33(22)21(4-2)17-9-7-6-8-10-17)26(35)32-13-12-18(16-32)24-20(29)14-19(28)15-30-24/h6-10,14-15,18,21,36H,3-5,11-13,16H2,1-2H3/t18?,21-/m1/s1. The van der Waals surface area contributed by atoms with Crippen LogP contribution < -0.4 is 5.56 Å². The molecule has 1 unspecified atom stereocenters. The zero-order valence-electron chi connectivity index (χ0n) is 20.5. The predicted molar refractivity (Wildman–Crippen MR) is 136 cm³/mol. The number of amides is 1. The van der Waals surface area contributed by atoms with Crippen LogP contribution in [0.4, 0.5) is 4.39 Å². The molecule has 9 heteroatoms. The summed E-state index contributed by atoms with van der Waals surface area (Å²) in [6.45, 7) is 4.51. The Bertz CT molecular complexity index is 1300. The molecule has 0 spiro atoms. The fourth-order valence-electron chi connectivity index (χ4n) is 4.89. The first-order valence-corrected chi connectivity index (χ1v) is 12.7. The van der Waals surface area contributed by atoms with Gasteiger partial charge in [0.25, 0.3) is 11.5 Å². The molecule has 0 bridgehead atoms. The van der Waals surface area contributed by atoms with Gasteiger partial charge in [-0.05, 0) is 30.9 Å². The fraction of sp³-hybridized carbons (Fsp3) is 0.407. The maximum absolute atomic E-state index is 14.4. The average molecular weight is 513 g/mol. The Hall–Kier alpha value is -3.26. The lowest BCUT2D eigenvalue weighted by atomic mass is 10.0. The minimum Gasteiger partial charge on any atom is -0.494 e. The van der Waals surface area contributed by atoms with Gasteiger partial charge in [-0.3, -0.25) is 19.1 Å². The van der Waals surface area contributed by atoms with Crippen LogP contribution in [0.25, 0.3) is 0 Å². The van der Waals surface area contributed by atoms with Gasteiger partial charge in [0.1, 0.15) is 11.6 Å². The second kappa shape index (κ2) is 11.2. The molecule has 2 atom stereocenters. The number of carbonyl (C=O) groups excluding carboxylic acids is 1. The summed E-state index contributed by atoms with van der Waals surface area (Å²) in [4.78, 5) is 36.4. The predicted octanol–water partition coefficient (Wildman–Crippen LogP) is 5.11. The molecule has 1 amide bonds. The average Bonchev–Trinajstić information content (AvgIpc) is 3.35. The zero-order valence-corrected chi connectivity index (χ0v) is 21.2. The van der Waals surface area contributed by atoms with E-state index in [1.54, 1.807) is 4.57 Å². The summed E-state index contributed by atoms with van der Waals surface area (Å²) in [7, 11) is 0. The highest BCUT2D eigenvalue weighted by molar-refractivity contribution is 6.30. The van der Waals surface area contributed by atoms with Crippen molar-refractivity contribution in [3.8, 4) is 5.88 Å². The Morgan fingerprint density at radius 2 is 2.03 bits per heavy atom. The summed E-state index contributed by atoms with van der Waals surface area (Å²) in [5.74, 6) is -1.39. The number of aryl methyl sites for hydroxylation is 1. The molecule has 1 fully saturated rings. The van der Waals surface area contributed by atoms with Gasteiger partial charge in [-0.25, -0.2) is 4.39 Å². The van der Waals surface area contributed by atoms with Gasteiger partial charge in [-0.2, -0.15) is 4.98 Å². The molecule has 4 rings (SSSR count). The van der Waals surface area contributed by atoms with Crippen LogP contribution in [0.15, 0.2) is 47.4 Å². The number of benzene rings is 1. The SMILES string of the molecule is CCCCc1nc(=O)c(C(=O)N2CCC(c3ncc(Cl)cc3F)C2)c(O)n1[C@H](CC)c1ccccc1. The summed E-state index contributed by atoms with van der Waals surface area (Å²) in [6, 6.07) is 10.6. The molecule has 0 radical (unpaired) electrons. The second-order valence-electron chi connectivity index (χ2n) is 9.10. The van der Waals surface area contributed by atoms with Crippen molar-refractivity contribution in [3.63, 3.8) is 0 Å². The number of likely N-dealkylation sites (tertiary alicyclic amines) is 1. The molecule has 0 saturated carbocycles. The Morgan fingerprint density at radius 3 is 2.69 bits per heavy atom. The number of halogens is 2. The number of hydrogen-bond acceptors (Lipinski definition) is 5. The number of unbranched alkanes of at least 4 members (excludes halogenated alkanes) is 1. The van der Waals surface area contributed by atoms with Gasteiger partial charge in [0.05, 0.1) is 16.8 Å². The number of aromatic hydroxyl groups is 1. The highest BCUT2D eigenvalue weighted by Gasteiger charge is 2.35. The summed E-state index contributed by atoms with van der Waals surface area (Å²) in [5.41, 5.74) is 0.0822. The van der Waals surface area contributed by atoms with Gasteiger partial charge >= 0.3 is 0 Å². The maximum atomic E-state index is 14.4. The van der Waals surface area contributed by atoms with Crippen molar-refractivity contribution in [2.45, 2.75) is 57.9 Å². The van der Waals surface area contributed by atoms with Crippen LogP contribution in [-0.2, 0) is 6.42 Å². The third-order valence-electron chi connectivity index (χ3n) is 6.72. The summed E-state index contributed by atoms with van der Waals surface area (Å²) < 4.78 is 16.0. The maximum Gasteiger partial charge on any atom is 0.289 e. The van der Waals surface area contributed by atoms with Gasteiger partial charge in [-0.1, -0.05) is 62.2 Å². The molecular weight excluding hydrogens is 483 g/mol. The molecular formula is C27H30ClFN4O3. The zero-order chi connectivity index (χ0) is 25.8. The fourth-order valence-corrected chi connectivity index (χ4v) is 5.03. The van der Waals surface area contributed by atoms with E-state index in [4.69, 9.17) is 11.6 Å². The van der Waals surface area contributed by atoms with Gasteiger partial charge < -0.3 is 10.0 Å². The lowest BCUT2D eigenvalue weighted by molar-refractivity contribution is 0.0783. The third kappa shape index (κ3) is 5.14. The molecule has 1 N–H and O–H groups in total. The van der Waals surface area contributed by atoms with Gasteiger partial charge in [-0.15, -0.1) is 0 Å². The molecule has 1 aliphatic rings. The van der Waals surface area contributed by atoms with E-state index in [-0.39, 0.29) is 40.7 Å². The van der Waals surface area contributed by atoms with Crippen molar-refractivity contribution in [2.24, 2.45) is 0 Å². The molecule has 1 saturated heterocycles. The Morgan fingerprint density at radius 1 is 1.28 bits per heavy atom. The van der Waals surface area contributed by atoms with Crippen LogP contribution >= 0.6 is 11.6 Å². The molecule has 36 heavy (non-hydrogen) atoms. The van der Waals surface area contributed by atoms with E-state index in [1.807, 2.05) is 44.2 Å². The van der Waals surface area contributed by atoms with Crippen molar-refractivity contribution >= 4 is 17.5 Å². The van der Waals surface area contributed by atoms with E-state index >= 15 is 0 Å². The van der Waals surface area contributed by atoms with Crippen molar-refractivity contribution < 1.29 is 14.3 Å². The Labute approximate surface area is 214 Å².